The first-order valence-electron chi connectivity index (χ1n) is 8.12. The molecule has 0 aliphatic carbocycles. The smallest absolute Gasteiger partial charge is 0.123 e. The van der Waals surface area contributed by atoms with Gasteiger partial charge in [0.05, 0.1) is 7.11 Å². The lowest BCUT2D eigenvalue weighted by molar-refractivity contribution is 0.267. The molecule has 0 amide bonds. The first-order valence-corrected chi connectivity index (χ1v) is 8.12. The number of hydrogen-bond acceptors (Lipinski definition) is 2. The normalized spacial score (nSPS) is 11.1. The molecule has 23 heavy (non-hydrogen) atoms. The predicted octanol–water partition coefficient (Wildman–Crippen LogP) is 4.87. The SMILES string of the molecule is CCN(Cc1ccccc1)Cc1c(OC)ccc2ccccc12. The summed E-state index contributed by atoms with van der Waals surface area (Å²) in [5.41, 5.74) is 2.61. The lowest BCUT2D eigenvalue weighted by Crippen LogP contribution is -2.22. The van der Waals surface area contributed by atoms with Crippen molar-refractivity contribution in [3.8, 4) is 5.75 Å². The third-order valence-electron chi connectivity index (χ3n) is 4.30. The van der Waals surface area contributed by atoms with Crippen LogP contribution in [0.4, 0.5) is 0 Å². The monoisotopic (exact) mass is 305 g/mol. The average Bonchev–Trinajstić information content (AvgIpc) is 2.62. The molecule has 0 fully saturated rings. The van der Waals surface area contributed by atoms with E-state index in [0.717, 1.165) is 25.4 Å². The largest absolute Gasteiger partial charge is 0.496 e. The van der Waals surface area contributed by atoms with Crippen molar-refractivity contribution in [2.24, 2.45) is 0 Å². The van der Waals surface area contributed by atoms with Gasteiger partial charge in [0.1, 0.15) is 5.75 Å². The van der Waals surface area contributed by atoms with Crippen LogP contribution in [0, 0.1) is 0 Å². The van der Waals surface area contributed by atoms with Crippen molar-refractivity contribution in [3.63, 3.8) is 0 Å². The minimum Gasteiger partial charge on any atom is -0.496 e. The maximum atomic E-state index is 5.62. The van der Waals surface area contributed by atoms with Crippen LogP contribution in [-0.2, 0) is 13.1 Å². The third kappa shape index (κ3) is 3.54. The summed E-state index contributed by atoms with van der Waals surface area (Å²) < 4.78 is 5.62. The number of benzene rings is 3. The van der Waals surface area contributed by atoms with Crippen LogP contribution in [0.25, 0.3) is 10.8 Å². The zero-order valence-corrected chi connectivity index (χ0v) is 13.8. The molecule has 0 saturated heterocycles. The van der Waals surface area contributed by atoms with E-state index in [1.807, 2.05) is 0 Å². The van der Waals surface area contributed by atoms with Crippen LogP contribution in [0.15, 0.2) is 66.7 Å². The molecule has 0 aliphatic rings. The fourth-order valence-electron chi connectivity index (χ4n) is 3.02. The molecule has 0 aliphatic heterocycles. The number of hydrogen-bond donors (Lipinski definition) is 0. The number of nitrogens with zero attached hydrogens (tertiary/aromatic N) is 1. The van der Waals surface area contributed by atoms with Crippen molar-refractivity contribution in [2.75, 3.05) is 13.7 Å². The highest BCUT2D eigenvalue weighted by Crippen LogP contribution is 2.29. The Hall–Kier alpha value is -2.32. The van der Waals surface area contributed by atoms with Gasteiger partial charge in [-0.15, -0.1) is 0 Å². The summed E-state index contributed by atoms with van der Waals surface area (Å²) in [6, 6.07) is 23.4. The van der Waals surface area contributed by atoms with Gasteiger partial charge in [0.15, 0.2) is 0 Å². The van der Waals surface area contributed by atoms with Gasteiger partial charge < -0.3 is 4.74 Å². The number of rotatable bonds is 6. The highest BCUT2D eigenvalue weighted by Gasteiger charge is 2.12. The molecule has 118 valence electrons. The molecule has 3 aromatic rings. The summed E-state index contributed by atoms with van der Waals surface area (Å²) in [6.07, 6.45) is 0. The Morgan fingerprint density at radius 2 is 1.57 bits per heavy atom. The zero-order valence-electron chi connectivity index (χ0n) is 13.8. The summed E-state index contributed by atoms with van der Waals surface area (Å²) in [5, 5.41) is 2.54. The van der Waals surface area contributed by atoms with Crippen molar-refractivity contribution in [1.82, 2.24) is 4.90 Å². The number of fused-ring (bicyclic) bond motifs is 1. The third-order valence-corrected chi connectivity index (χ3v) is 4.30. The molecular weight excluding hydrogens is 282 g/mol. The summed E-state index contributed by atoms with van der Waals surface area (Å²) in [4.78, 5) is 2.44. The second kappa shape index (κ2) is 7.30. The van der Waals surface area contributed by atoms with E-state index in [-0.39, 0.29) is 0 Å². The Labute approximate surface area is 138 Å². The maximum absolute atomic E-state index is 5.62. The maximum Gasteiger partial charge on any atom is 0.123 e. The fourth-order valence-corrected chi connectivity index (χ4v) is 3.02. The number of methoxy groups -OCH3 is 1. The van der Waals surface area contributed by atoms with Crippen LogP contribution in [-0.4, -0.2) is 18.6 Å². The minimum absolute atomic E-state index is 0.885. The standard InChI is InChI=1S/C21H23NO/c1-3-22(15-17-9-5-4-6-10-17)16-20-19-12-8-7-11-18(19)13-14-21(20)23-2/h4-14H,3,15-16H2,1-2H3. The highest BCUT2D eigenvalue weighted by atomic mass is 16.5. The van der Waals surface area contributed by atoms with Gasteiger partial charge >= 0.3 is 0 Å². The number of ether oxygens (including phenoxy) is 1. The van der Waals surface area contributed by atoms with Crippen molar-refractivity contribution < 1.29 is 4.74 Å². The van der Waals surface area contributed by atoms with Gasteiger partial charge in [0.25, 0.3) is 0 Å². The summed E-state index contributed by atoms with van der Waals surface area (Å²) in [7, 11) is 1.75. The Morgan fingerprint density at radius 1 is 0.826 bits per heavy atom. The van der Waals surface area contributed by atoms with Crippen molar-refractivity contribution in [3.05, 3.63) is 77.9 Å². The summed E-state index contributed by atoms with van der Waals surface area (Å²) in [5.74, 6) is 0.968. The Morgan fingerprint density at radius 3 is 2.30 bits per heavy atom. The molecule has 0 heterocycles. The molecule has 0 aromatic heterocycles. The molecule has 2 nitrogen and oxygen atoms in total. The highest BCUT2D eigenvalue weighted by molar-refractivity contribution is 5.87. The molecule has 0 N–H and O–H groups in total. The summed E-state index contributed by atoms with van der Waals surface area (Å²) >= 11 is 0. The van der Waals surface area contributed by atoms with E-state index in [1.165, 1.54) is 21.9 Å². The molecule has 0 atom stereocenters. The van der Waals surface area contributed by atoms with E-state index < -0.39 is 0 Å². The van der Waals surface area contributed by atoms with E-state index in [2.05, 4.69) is 78.6 Å². The Kier molecular flexibility index (Phi) is 4.94. The van der Waals surface area contributed by atoms with Crippen LogP contribution in [0.5, 0.6) is 5.75 Å². The molecule has 0 spiro atoms. The molecule has 3 aromatic carbocycles. The molecule has 2 heteroatoms. The minimum atomic E-state index is 0.885. The topological polar surface area (TPSA) is 12.5 Å². The van der Waals surface area contributed by atoms with E-state index >= 15 is 0 Å². The predicted molar refractivity (Wildman–Crippen MR) is 96.7 cm³/mol. The fraction of sp³-hybridized carbons (Fsp3) is 0.238. The first kappa shape index (κ1) is 15.6. The van der Waals surface area contributed by atoms with Crippen molar-refractivity contribution in [1.29, 1.82) is 0 Å². The molecule has 0 bridgehead atoms. The van der Waals surface area contributed by atoms with Gasteiger partial charge in [-0.25, -0.2) is 0 Å². The van der Waals surface area contributed by atoms with Crippen molar-refractivity contribution in [2.45, 2.75) is 20.0 Å². The van der Waals surface area contributed by atoms with E-state index in [4.69, 9.17) is 4.74 Å². The lowest BCUT2D eigenvalue weighted by Gasteiger charge is -2.23. The van der Waals surface area contributed by atoms with E-state index in [0.29, 0.717) is 0 Å². The van der Waals surface area contributed by atoms with Gasteiger partial charge in [-0.05, 0) is 28.9 Å². The lowest BCUT2D eigenvalue weighted by atomic mass is 10.0. The van der Waals surface area contributed by atoms with Crippen LogP contribution < -0.4 is 4.74 Å². The second-order valence-corrected chi connectivity index (χ2v) is 5.76. The van der Waals surface area contributed by atoms with Crippen LogP contribution in [0.3, 0.4) is 0 Å². The second-order valence-electron chi connectivity index (χ2n) is 5.76. The van der Waals surface area contributed by atoms with Crippen molar-refractivity contribution >= 4 is 10.8 Å². The van der Waals surface area contributed by atoms with E-state index in [1.54, 1.807) is 7.11 Å². The van der Waals surface area contributed by atoms with Gasteiger partial charge in [-0.2, -0.15) is 0 Å². The van der Waals surface area contributed by atoms with Gasteiger partial charge in [0.2, 0.25) is 0 Å². The molecular formula is C21H23NO. The molecule has 0 unspecified atom stereocenters. The first-order chi connectivity index (χ1) is 11.3. The average molecular weight is 305 g/mol. The summed E-state index contributed by atoms with van der Waals surface area (Å²) in [6.45, 7) is 5.04. The van der Waals surface area contributed by atoms with Gasteiger partial charge in [0, 0.05) is 18.7 Å². The van der Waals surface area contributed by atoms with Gasteiger partial charge in [-0.1, -0.05) is 67.6 Å². The molecule has 0 saturated carbocycles. The van der Waals surface area contributed by atoms with Crippen LogP contribution in [0.2, 0.25) is 0 Å². The van der Waals surface area contributed by atoms with Gasteiger partial charge in [-0.3, -0.25) is 4.90 Å². The van der Waals surface area contributed by atoms with Crippen LogP contribution >= 0.6 is 0 Å². The quantitative estimate of drug-likeness (QED) is 0.644. The molecule has 3 rings (SSSR count). The Bertz CT molecular complexity index is 767. The zero-order chi connectivity index (χ0) is 16.1. The molecule has 0 radical (unpaired) electrons. The van der Waals surface area contributed by atoms with E-state index in [9.17, 15) is 0 Å². The van der Waals surface area contributed by atoms with Crippen LogP contribution in [0.1, 0.15) is 18.1 Å². The Balaban J connectivity index is 1.92.